The molecule has 0 spiro atoms. The van der Waals surface area contributed by atoms with Gasteiger partial charge in [-0.1, -0.05) is 12.1 Å². The van der Waals surface area contributed by atoms with E-state index in [9.17, 15) is 19.5 Å². The molecule has 3 N–H and O–H groups in total. The number of aromatic nitrogens is 2. The lowest BCUT2D eigenvalue weighted by atomic mass is 9.88. The zero-order chi connectivity index (χ0) is 22.8. The van der Waals surface area contributed by atoms with Crippen LogP contribution in [0.2, 0.25) is 0 Å². The molecule has 8 heteroatoms. The fraction of sp³-hybridized carbons (Fsp3) is 0.208. The number of methoxy groups -OCH3 is 1. The average Bonchev–Trinajstić information content (AvgIpc) is 2.77. The Hall–Kier alpha value is -4.07. The number of aromatic amines is 2. The summed E-state index contributed by atoms with van der Waals surface area (Å²) in [6.07, 6.45) is -0.284. The van der Waals surface area contributed by atoms with Crippen molar-refractivity contribution in [1.29, 1.82) is 0 Å². The minimum absolute atomic E-state index is 0.0601. The molecule has 32 heavy (non-hydrogen) atoms. The summed E-state index contributed by atoms with van der Waals surface area (Å²) in [5.41, 5.74) is 0.0523. The van der Waals surface area contributed by atoms with Crippen LogP contribution >= 0.6 is 0 Å². The number of fused-ring (bicyclic) bond motifs is 2. The average molecular weight is 434 g/mol. The highest BCUT2D eigenvalue weighted by Gasteiger charge is 2.28. The predicted octanol–water partition coefficient (Wildman–Crippen LogP) is 3.17. The second-order valence-corrected chi connectivity index (χ2v) is 7.33. The Morgan fingerprint density at radius 3 is 2.53 bits per heavy atom. The van der Waals surface area contributed by atoms with Gasteiger partial charge in [0.1, 0.15) is 11.5 Å². The highest BCUT2D eigenvalue weighted by Crippen LogP contribution is 2.35. The van der Waals surface area contributed by atoms with E-state index in [0.717, 1.165) is 0 Å². The number of hydrogen-bond donors (Lipinski definition) is 3. The second-order valence-electron chi connectivity index (χ2n) is 7.33. The van der Waals surface area contributed by atoms with Crippen molar-refractivity contribution in [2.75, 3.05) is 13.7 Å². The lowest BCUT2D eigenvalue weighted by Gasteiger charge is -2.18. The Balaban J connectivity index is 1.96. The number of H-pyrrole nitrogens is 2. The van der Waals surface area contributed by atoms with Crippen LogP contribution < -0.4 is 15.9 Å². The van der Waals surface area contributed by atoms with Crippen LogP contribution in [0.4, 0.5) is 0 Å². The monoisotopic (exact) mass is 434 g/mol. The molecule has 1 atom stereocenters. The largest absolute Gasteiger partial charge is 0.507 e. The molecule has 0 saturated carbocycles. The van der Waals surface area contributed by atoms with Crippen molar-refractivity contribution in [2.24, 2.45) is 0 Å². The zero-order valence-electron chi connectivity index (χ0n) is 17.6. The van der Waals surface area contributed by atoms with Crippen molar-refractivity contribution in [3.63, 3.8) is 0 Å². The number of esters is 1. The van der Waals surface area contributed by atoms with Gasteiger partial charge in [0.15, 0.2) is 0 Å². The number of aromatic hydroxyl groups is 1. The molecule has 2 heterocycles. The third kappa shape index (κ3) is 3.82. The Kier molecular flexibility index (Phi) is 5.68. The lowest BCUT2D eigenvalue weighted by molar-refractivity contribution is -0.143. The van der Waals surface area contributed by atoms with Crippen LogP contribution in [0, 0.1) is 0 Å². The van der Waals surface area contributed by atoms with E-state index in [1.807, 2.05) is 0 Å². The quantitative estimate of drug-likeness (QED) is 0.401. The number of ether oxygens (including phenoxy) is 2. The number of benzene rings is 2. The molecule has 164 valence electrons. The Labute approximate surface area is 182 Å². The van der Waals surface area contributed by atoms with E-state index in [-0.39, 0.29) is 29.9 Å². The van der Waals surface area contributed by atoms with Crippen LogP contribution in [-0.2, 0) is 9.53 Å². The van der Waals surface area contributed by atoms with Gasteiger partial charge < -0.3 is 24.5 Å². The maximum Gasteiger partial charge on any atom is 0.306 e. The molecular formula is C24H22N2O6. The van der Waals surface area contributed by atoms with E-state index in [1.54, 1.807) is 55.5 Å². The maximum atomic E-state index is 13.0. The number of nitrogens with one attached hydrogen (secondary N) is 2. The van der Waals surface area contributed by atoms with Gasteiger partial charge in [-0.05, 0) is 42.6 Å². The fourth-order valence-corrected chi connectivity index (χ4v) is 3.90. The van der Waals surface area contributed by atoms with Crippen molar-refractivity contribution in [1.82, 2.24) is 9.97 Å². The molecule has 8 nitrogen and oxygen atoms in total. The molecule has 2 aromatic heterocycles. The molecule has 0 aliphatic rings. The molecule has 0 fully saturated rings. The van der Waals surface area contributed by atoms with E-state index >= 15 is 0 Å². The number of rotatable bonds is 6. The van der Waals surface area contributed by atoms with Crippen molar-refractivity contribution >= 4 is 27.8 Å². The molecule has 0 amide bonds. The summed E-state index contributed by atoms with van der Waals surface area (Å²) in [5, 5.41) is 12.1. The summed E-state index contributed by atoms with van der Waals surface area (Å²) in [6, 6.07) is 13.6. The molecule has 4 rings (SSSR count). The summed E-state index contributed by atoms with van der Waals surface area (Å²) in [5.74, 6) is -1.29. The minimum Gasteiger partial charge on any atom is -0.507 e. The van der Waals surface area contributed by atoms with E-state index in [0.29, 0.717) is 27.6 Å². The van der Waals surface area contributed by atoms with Crippen molar-refractivity contribution < 1.29 is 19.4 Å². The number of carbonyl (C=O) groups excluding carboxylic acids is 1. The summed E-state index contributed by atoms with van der Waals surface area (Å²) in [4.78, 5) is 43.9. The lowest BCUT2D eigenvalue weighted by Crippen LogP contribution is -2.25. The number of para-hydroxylation sites is 1. The van der Waals surface area contributed by atoms with Crippen LogP contribution in [0.5, 0.6) is 11.5 Å². The van der Waals surface area contributed by atoms with Crippen LogP contribution in [0.25, 0.3) is 21.8 Å². The Bertz CT molecular complexity index is 1440. The van der Waals surface area contributed by atoms with Gasteiger partial charge in [0, 0.05) is 22.9 Å². The molecule has 2 aromatic carbocycles. The van der Waals surface area contributed by atoms with Crippen molar-refractivity contribution in [3.8, 4) is 11.5 Å². The number of pyridine rings is 2. The molecule has 0 radical (unpaired) electrons. The highest BCUT2D eigenvalue weighted by atomic mass is 16.5. The molecule has 0 bridgehead atoms. The molecule has 0 saturated heterocycles. The van der Waals surface area contributed by atoms with Gasteiger partial charge >= 0.3 is 5.97 Å². The number of hydrogen-bond acceptors (Lipinski definition) is 6. The normalized spacial score (nSPS) is 12.1. The maximum absolute atomic E-state index is 13.0. The van der Waals surface area contributed by atoms with E-state index in [1.165, 1.54) is 7.11 Å². The first-order valence-electron chi connectivity index (χ1n) is 10.1. The first-order valence-corrected chi connectivity index (χ1v) is 10.1. The zero-order valence-corrected chi connectivity index (χ0v) is 17.6. The minimum atomic E-state index is -1.02. The SMILES string of the molecule is CCOC(=O)C[C@@H](c1cc2ccc(OC)cc2[nH]c1=O)c1c(O)c2ccccc2[nH]c1=O. The third-order valence-corrected chi connectivity index (χ3v) is 5.41. The van der Waals surface area contributed by atoms with Gasteiger partial charge in [-0.15, -0.1) is 0 Å². The van der Waals surface area contributed by atoms with Gasteiger partial charge in [0.25, 0.3) is 11.1 Å². The molecule has 0 unspecified atom stereocenters. The fourth-order valence-electron chi connectivity index (χ4n) is 3.90. The number of carbonyl (C=O) groups is 1. The van der Waals surface area contributed by atoms with Gasteiger partial charge in [-0.2, -0.15) is 0 Å². The molecule has 4 aromatic rings. The van der Waals surface area contributed by atoms with Crippen LogP contribution in [0.15, 0.2) is 58.1 Å². The summed E-state index contributed by atoms with van der Waals surface area (Å²) < 4.78 is 10.3. The van der Waals surface area contributed by atoms with Crippen molar-refractivity contribution in [3.05, 3.63) is 80.4 Å². The van der Waals surface area contributed by atoms with Crippen LogP contribution in [0.3, 0.4) is 0 Å². The standard InChI is InChI=1S/C24H22N2O6/c1-3-32-20(27)12-16(21-22(28)15-6-4-5-7-18(15)25-24(21)30)17-10-13-8-9-14(31-2)11-19(13)26-23(17)29/h4-11,16H,3,12H2,1-2H3,(H,26,29)(H2,25,28,30)/t16-/m0/s1. The summed E-state index contributed by atoms with van der Waals surface area (Å²) in [6.45, 7) is 1.82. The Morgan fingerprint density at radius 1 is 1.03 bits per heavy atom. The van der Waals surface area contributed by atoms with Crippen LogP contribution in [-0.4, -0.2) is 34.8 Å². The predicted molar refractivity (Wildman–Crippen MR) is 120 cm³/mol. The summed E-state index contributed by atoms with van der Waals surface area (Å²) in [7, 11) is 1.53. The molecule has 0 aliphatic heterocycles. The highest BCUT2D eigenvalue weighted by molar-refractivity contribution is 5.87. The topological polar surface area (TPSA) is 121 Å². The van der Waals surface area contributed by atoms with E-state index < -0.39 is 23.0 Å². The first-order chi connectivity index (χ1) is 15.4. The first kappa shape index (κ1) is 21.2. The van der Waals surface area contributed by atoms with E-state index in [4.69, 9.17) is 9.47 Å². The van der Waals surface area contributed by atoms with E-state index in [2.05, 4.69) is 9.97 Å². The Morgan fingerprint density at radius 2 is 1.78 bits per heavy atom. The molecular weight excluding hydrogens is 412 g/mol. The second kappa shape index (κ2) is 8.58. The van der Waals surface area contributed by atoms with Gasteiger partial charge in [-0.3, -0.25) is 14.4 Å². The van der Waals surface area contributed by atoms with Gasteiger partial charge in [0.2, 0.25) is 0 Å². The van der Waals surface area contributed by atoms with Gasteiger partial charge in [0.05, 0.1) is 36.7 Å². The smallest absolute Gasteiger partial charge is 0.306 e. The third-order valence-electron chi connectivity index (χ3n) is 5.41. The van der Waals surface area contributed by atoms with Crippen molar-refractivity contribution in [2.45, 2.75) is 19.3 Å². The summed E-state index contributed by atoms with van der Waals surface area (Å²) >= 11 is 0. The molecule has 0 aliphatic carbocycles. The van der Waals surface area contributed by atoms with Gasteiger partial charge in [-0.25, -0.2) is 0 Å². The van der Waals surface area contributed by atoms with Crippen LogP contribution in [0.1, 0.15) is 30.4 Å².